The van der Waals surface area contributed by atoms with Crippen LogP contribution in [-0.4, -0.2) is 15.0 Å². The highest BCUT2D eigenvalue weighted by Gasteiger charge is 2.17. The molecule has 90 valence electrons. The second kappa shape index (κ2) is 5.16. The fourth-order valence-electron chi connectivity index (χ4n) is 1.08. The number of hydrogen-bond donors (Lipinski definition) is 2. The molecule has 0 bridgehead atoms. The molecule has 1 rings (SSSR count). The quantitative estimate of drug-likeness (QED) is 0.835. The number of nitrogens with one attached hydrogen (secondary N) is 1. The number of nitrogen functional groups attached to an aromatic ring is 1. The van der Waals surface area contributed by atoms with Gasteiger partial charge in [-0.25, -0.2) is 13.1 Å². The van der Waals surface area contributed by atoms with Crippen LogP contribution in [0.15, 0.2) is 27.6 Å². The molecule has 0 saturated heterocycles. The minimum Gasteiger partial charge on any atom is -0.399 e. The third-order valence-corrected chi connectivity index (χ3v) is 4.34. The first-order chi connectivity index (χ1) is 7.33. The summed E-state index contributed by atoms with van der Waals surface area (Å²) in [5, 5.41) is 0. The molecule has 0 aliphatic heterocycles. The smallest absolute Gasteiger partial charge is 0.241 e. The van der Waals surface area contributed by atoms with Gasteiger partial charge in [0, 0.05) is 16.7 Å². The van der Waals surface area contributed by atoms with Gasteiger partial charge in [-0.05, 0) is 40.0 Å². The van der Waals surface area contributed by atoms with E-state index in [0.29, 0.717) is 16.7 Å². The van der Waals surface area contributed by atoms with E-state index < -0.39 is 10.0 Å². The van der Waals surface area contributed by atoms with E-state index in [9.17, 15) is 8.42 Å². The number of rotatable bonds is 4. The summed E-state index contributed by atoms with van der Waals surface area (Å²) >= 11 is 3.20. The molecule has 0 atom stereocenters. The Labute approximate surface area is 104 Å². The van der Waals surface area contributed by atoms with Crippen molar-refractivity contribution in [1.82, 2.24) is 4.72 Å². The molecule has 0 saturated carbocycles. The first-order valence-electron chi connectivity index (χ1n) is 4.87. The average Bonchev–Trinajstić information content (AvgIpc) is 2.19. The molecule has 4 nitrogen and oxygen atoms in total. The predicted octanol–water partition coefficient (Wildman–Crippen LogP) is 1.97. The van der Waals surface area contributed by atoms with E-state index in [4.69, 9.17) is 5.73 Å². The molecule has 3 N–H and O–H groups in total. The van der Waals surface area contributed by atoms with Crippen LogP contribution in [0.2, 0.25) is 0 Å². The maximum absolute atomic E-state index is 11.9. The molecule has 16 heavy (non-hydrogen) atoms. The summed E-state index contributed by atoms with van der Waals surface area (Å²) in [4.78, 5) is 0.174. The van der Waals surface area contributed by atoms with Crippen molar-refractivity contribution in [1.29, 1.82) is 0 Å². The Hall–Kier alpha value is -0.590. The number of benzene rings is 1. The summed E-state index contributed by atoms with van der Waals surface area (Å²) in [5.74, 6) is 0.259. The molecule has 0 fully saturated rings. The first-order valence-corrected chi connectivity index (χ1v) is 7.15. The highest BCUT2D eigenvalue weighted by atomic mass is 79.9. The lowest BCUT2D eigenvalue weighted by Gasteiger charge is -2.10. The van der Waals surface area contributed by atoms with Gasteiger partial charge in [0.25, 0.3) is 0 Å². The van der Waals surface area contributed by atoms with Crippen LogP contribution in [0.3, 0.4) is 0 Å². The van der Waals surface area contributed by atoms with Gasteiger partial charge in [0.05, 0.1) is 4.90 Å². The maximum atomic E-state index is 11.9. The molecule has 0 unspecified atom stereocenters. The number of sulfonamides is 1. The van der Waals surface area contributed by atoms with Gasteiger partial charge in [-0.15, -0.1) is 0 Å². The molecular weight excluding hydrogens is 292 g/mol. The minimum absolute atomic E-state index is 0.174. The van der Waals surface area contributed by atoms with E-state index in [1.54, 1.807) is 12.1 Å². The largest absolute Gasteiger partial charge is 0.399 e. The Bertz CT molecular complexity index is 472. The number of anilines is 1. The van der Waals surface area contributed by atoms with E-state index >= 15 is 0 Å². The molecule has 1 aromatic carbocycles. The second-order valence-electron chi connectivity index (χ2n) is 3.94. The van der Waals surface area contributed by atoms with E-state index in [2.05, 4.69) is 20.7 Å². The highest BCUT2D eigenvalue weighted by molar-refractivity contribution is 9.10. The second-order valence-corrected chi connectivity index (χ2v) is 6.53. The number of hydrogen-bond acceptors (Lipinski definition) is 3. The van der Waals surface area contributed by atoms with Crippen molar-refractivity contribution in [3.05, 3.63) is 22.7 Å². The molecule has 6 heteroatoms. The minimum atomic E-state index is -3.49. The van der Waals surface area contributed by atoms with Crippen LogP contribution in [0.4, 0.5) is 5.69 Å². The SMILES string of the molecule is CC(C)CNS(=O)(=O)c1cc(N)ccc1Br. The van der Waals surface area contributed by atoms with Gasteiger partial charge in [-0.2, -0.15) is 0 Å². The van der Waals surface area contributed by atoms with E-state index in [0.717, 1.165) is 0 Å². The van der Waals surface area contributed by atoms with Crippen molar-refractivity contribution in [3.63, 3.8) is 0 Å². The fraction of sp³-hybridized carbons (Fsp3) is 0.400. The fourth-order valence-corrected chi connectivity index (χ4v) is 3.29. The van der Waals surface area contributed by atoms with Crippen LogP contribution in [-0.2, 0) is 10.0 Å². The molecule has 1 aromatic rings. The molecule has 0 heterocycles. The summed E-state index contributed by atoms with van der Waals surface area (Å²) in [6, 6.07) is 4.71. The van der Waals surface area contributed by atoms with E-state index in [1.165, 1.54) is 6.07 Å². The van der Waals surface area contributed by atoms with Crippen LogP contribution in [0.5, 0.6) is 0 Å². The lowest BCUT2D eigenvalue weighted by molar-refractivity contribution is 0.560. The molecule has 0 radical (unpaired) electrons. The lowest BCUT2D eigenvalue weighted by Crippen LogP contribution is -2.27. The van der Waals surface area contributed by atoms with Crippen molar-refractivity contribution < 1.29 is 8.42 Å². The number of halogens is 1. The molecule has 0 spiro atoms. The summed E-state index contributed by atoms with van der Waals surface area (Å²) in [6.45, 7) is 4.29. The summed E-state index contributed by atoms with van der Waals surface area (Å²) < 4.78 is 26.9. The Morgan fingerprint density at radius 1 is 1.44 bits per heavy atom. The molecule has 0 amide bonds. The van der Waals surface area contributed by atoms with Gasteiger partial charge in [0.2, 0.25) is 10.0 Å². The average molecular weight is 307 g/mol. The highest BCUT2D eigenvalue weighted by Crippen LogP contribution is 2.23. The maximum Gasteiger partial charge on any atom is 0.241 e. The topological polar surface area (TPSA) is 72.2 Å². The monoisotopic (exact) mass is 306 g/mol. The van der Waals surface area contributed by atoms with Gasteiger partial charge in [-0.1, -0.05) is 13.8 Å². The van der Waals surface area contributed by atoms with Gasteiger partial charge >= 0.3 is 0 Å². The van der Waals surface area contributed by atoms with Crippen molar-refractivity contribution in [2.24, 2.45) is 5.92 Å². The number of nitrogens with two attached hydrogens (primary N) is 1. The standard InChI is InChI=1S/C10H15BrN2O2S/c1-7(2)6-13-16(14,15)10-5-8(12)3-4-9(10)11/h3-5,7,13H,6,12H2,1-2H3. The van der Waals surface area contributed by atoms with Gasteiger partial charge in [0.15, 0.2) is 0 Å². The summed E-state index contributed by atoms with van der Waals surface area (Å²) in [7, 11) is -3.49. The van der Waals surface area contributed by atoms with Crippen LogP contribution >= 0.6 is 15.9 Å². The summed E-state index contributed by atoms with van der Waals surface area (Å²) in [6.07, 6.45) is 0. The van der Waals surface area contributed by atoms with Crippen molar-refractivity contribution in [3.8, 4) is 0 Å². The molecule has 0 aliphatic rings. The molecule has 0 aliphatic carbocycles. The molecule has 0 aromatic heterocycles. The van der Waals surface area contributed by atoms with E-state index in [-0.39, 0.29) is 10.8 Å². The van der Waals surface area contributed by atoms with Gasteiger partial charge < -0.3 is 5.73 Å². The normalized spacial score (nSPS) is 12.0. The van der Waals surface area contributed by atoms with Gasteiger partial charge in [-0.3, -0.25) is 0 Å². The Morgan fingerprint density at radius 3 is 2.62 bits per heavy atom. The lowest BCUT2D eigenvalue weighted by atomic mass is 10.2. The van der Waals surface area contributed by atoms with Gasteiger partial charge in [0.1, 0.15) is 0 Å². The van der Waals surface area contributed by atoms with Crippen LogP contribution in [0, 0.1) is 5.92 Å². The van der Waals surface area contributed by atoms with Crippen molar-refractivity contribution in [2.75, 3.05) is 12.3 Å². The van der Waals surface area contributed by atoms with Crippen LogP contribution < -0.4 is 10.5 Å². The zero-order valence-corrected chi connectivity index (χ0v) is 11.6. The summed E-state index contributed by atoms with van der Waals surface area (Å²) in [5.41, 5.74) is 5.99. The molecular formula is C10H15BrN2O2S. The van der Waals surface area contributed by atoms with Crippen molar-refractivity contribution in [2.45, 2.75) is 18.7 Å². The Morgan fingerprint density at radius 2 is 2.06 bits per heavy atom. The first kappa shape index (κ1) is 13.5. The van der Waals surface area contributed by atoms with Crippen LogP contribution in [0.25, 0.3) is 0 Å². The third kappa shape index (κ3) is 3.47. The van der Waals surface area contributed by atoms with Crippen LogP contribution in [0.1, 0.15) is 13.8 Å². The Balaban J connectivity index is 3.02. The Kier molecular flexibility index (Phi) is 4.35. The van der Waals surface area contributed by atoms with Crippen molar-refractivity contribution >= 4 is 31.6 Å². The van der Waals surface area contributed by atoms with E-state index in [1.807, 2.05) is 13.8 Å². The third-order valence-electron chi connectivity index (χ3n) is 1.93. The zero-order valence-electron chi connectivity index (χ0n) is 9.20. The zero-order chi connectivity index (χ0) is 12.3. The predicted molar refractivity (Wildman–Crippen MR) is 68.6 cm³/mol.